The molecule has 7 heteroatoms. The molecule has 1 aromatic rings. The number of likely N-dealkylation sites (tertiary alicyclic amines) is 1. The van der Waals surface area contributed by atoms with Gasteiger partial charge >= 0.3 is 0 Å². The Balaban J connectivity index is 1.81. The van der Waals surface area contributed by atoms with Gasteiger partial charge in [0.15, 0.2) is 0 Å². The number of ether oxygens (including phenoxy) is 2. The molecule has 1 aromatic carbocycles. The van der Waals surface area contributed by atoms with Crippen LogP contribution in [0.5, 0.6) is 5.75 Å². The minimum Gasteiger partial charge on any atom is -0.492 e. The van der Waals surface area contributed by atoms with Crippen LogP contribution < -0.4 is 15.8 Å². The third-order valence-electron chi connectivity index (χ3n) is 5.14. The SMILES string of the molecule is CCN1CC[C@@H](NC(=O)c2cc(Cl)c(N)c3c2OCCC3)[C@@H](OC)C1. The average molecular weight is 368 g/mol. The highest BCUT2D eigenvalue weighted by molar-refractivity contribution is 6.33. The van der Waals surface area contributed by atoms with Crippen molar-refractivity contribution in [2.45, 2.75) is 38.3 Å². The van der Waals surface area contributed by atoms with Crippen molar-refractivity contribution in [2.24, 2.45) is 0 Å². The molecule has 0 aromatic heterocycles. The van der Waals surface area contributed by atoms with Gasteiger partial charge in [-0.1, -0.05) is 18.5 Å². The van der Waals surface area contributed by atoms with E-state index in [9.17, 15) is 4.79 Å². The number of carbonyl (C=O) groups excluding carboxylic acids is 1. The topological polar surface area (TPSA) is 76.8 Å². The number of amides is 1. The van der Waals surface area contributed by atoms with E-state index in [1.807, 2.05) is 0 Å². The molecule has 2 atom stereocenters. The number of halogens is 1. The van der Waals surface area contributed by atoms with E-state index in [0.717, 1.165) is 44.5 Å². The van der Waals surface area contributed by atoms with Gasteiger partial charge in [-0.05, 0) is 31.9 Å². The van der Waals surface area contributed by atoms with E-state index in [4.69, 9.17) is 26.8 Å². The van der Waals surface area contributed by atoms with E-state index in [1.54, 1.807) is 13.2 Å². The van der Waals surface area contributed by atoms with Crippen molar-refractivity contribution in [1.82, 2.24) is 10.2 Å². The number of hydrogen-bond acceptors (Lipinski definition) is 5. The lowest BCUT2D eigenvalue weighted by Gasteiger charge is -2.37. The zero-order valence-electron chi connectivity index (χ0n) is 14.8. The Morgan fingerprint density at radius 3 is 3.08 bits per heavy atom. The highest BCUT2D eigenvalue weighted by atomic mass is 35.5. The zero-order chi connectivity index (χ0) is 18.0. The Hall–Kier alpha value is -1.50. The molecule has 25 heavy (non-hydrogen) atoms. The number of nitrogens with one attached hydrogen (secondary N) is 1. The lowest BCUT2D eigenvalue weighted by atomic mass is 9.98. The number of benzene rings is 1. The van der Waals surface area contributed by atoms with Crippen LogP contribution in [0.25, 0.3) is 0 Å². The maximum Gasteiger partial charge on any atom is 0.255 e. The molecular formula is C18H26ClN3O3. The van der Waals surface area contributed by atoms with Crippen LogP contribution in [0.4, 0.5) is 5.69 Å². The second-order valence-corrected chi connectivity index (χ2v) is 7.02. The van der Waals surface area contributed by atoms with Crippen LogP contribution in [0, 0.1) is 0 Å². The monoisotopic (exact) mass is 367 g/mol. The van der Waals surface area contributed by atoms with Gasteiger partial charge in [0, 0.05) is 25.8 Å². The van der Waals surface area contributed by atoms with Crippen LogP contribution in [-0.2, 0) is 11.2 Å². The summed E-state index contributed by atoms with van der Waals surface area (Å²) in [7, 11) is 1.69. The maximum atomic E-state index is 12.9. The van der Waals surface area contributed by atoms with Crippen LogP contribution in [0.3, 0.4) is 0 Å². The van der Waals surface area contributed by atoms with Gasteiger partial charge in [-0.3, -0.25) is 4.79 Å². The van der Waals surface area contributed by atoms with Crippen molar-refractivity contribution in [3.63, 3.8) is 0 Å². The molecule has 1 fully saturated rings. The molecule has 0 aliphatic carbocycles. The number of nitrogens with zero attached hydrogens (tertiary/aromatic N) is 1. The third kappa shape index (κ3) is 3.71. The normalized spacial score (nSPS) is 23.6. The fourth-order valence-electron chi connectivity index (χ4n) is 3.62. The van der Waals surface area contributed by atoms with Crippen LogP contribution >= 0.6 is 11.6 Å². The number of carbonyl (C=O) groups is 1. The summed E-state index contributed by atoms with van der Waals surface area (Å²) in [5.41, 5.74) is 7.88. The Bertz CT molecular complexity index is 653. The highest BCUT2D eigenvalue weighted by Gasteiger charge is 2.31. The average Bonchev–Trinajstić information content (AvgIpc) is 2.64. The molecular weight excluding hydrogens is 342 g/mol. The van der Waals surface area contributed by atoms with Crippen molar-refractivity contribution < 1.29 is 14.3 Å². The second-order valence-electron chi connectivity index (χ2n) is 6.62. The van der Waals surface area contributed by atoms with Gasteiger partial charge in [-0.2, -0.15) is 0 Å². The molecule has 0 saturated carbocycles. The fourth-order valence-corrected chi connectivity index (χ4v) is 3.84. The van der Waals surface area contributed by atoms with Crippen LogP contribution in [0.2, 0.25) is 5.02 Å². The Kier molecular flexibility index (Phi) is 5.71. The summed E-state index contributed by atoms with van der Waals surface area (Å²) in [6.45, 7) is 5.46. The predicted octanol–water partition coefficient (Wildman–Crippen LogP) is 2.09. The summed E-state index contributed by atoms with van der Waals surface area (Å²) < 4.78 is 11.3. The first-order valence-corrected chi connectivity index (χ1v) is 9.22. The lowest BCUT2D eigenvalue weighted by molar-refractivity contribution is 0.00800. The van der Waals surface area contributed by atoms with Crippen molar-refractivity contribution in [2.75, 3.05) is 39.1 Å². The van der Waals surface area contributed by atoms with Gasteiger partial charge in [0.1, 0.15) is 5.75 Å². The van der Waals surface area contributed by atoms with E-state index >= 15 is 0 Å². The summed E-state index contributed by atoms with van der Waals surface area (Å²) in [6, 6.07) is 1.58. The van der Waals surface area contributed by atoms with Crippen molar-refractivity contribution in [3.05, 3.63) is 22.2 Å². The fraction of sp³-hybridized carbons (Fsp3) is 0.611. The van der Waals surface area contributed by atoms with E-state index in [2.05, 4.69) is 17.1 Å². The van der Waals surface area contributed by atoms with Crippen molar-refractivity contribution >= 4 is 23.2 Å². The van der Waals surface area contributed by atoms with E-state index in [0.29, 0.717) is 28.6 Å². The molecule has 1 amide bonds. The Labute approximate surface area is 153 Å². The standard InChI is InChI=1S/C18H26ClN3O3/c1-3-22-7-6-14(15(10-22)24-2)21-18(23)12-9-13(19)16(20)11-5-4-8-25-17(11)12/h9,14-15H,3-8,10,20H2,1-2H3,(H,21,23)/t14-,15+/m1/s1. The zero-order valence-corrected chi connectivity index (χ0v) is 15.6. The number of likely N-dealkylation sites (N-methyl/N-ethyl adjacent to an activating group) is 1. The van der Waals surface area contributed by atoms with E-state index < -0.39 is 0 Å². The molecule has 1 saturated heterocycles. The molecule has 3 rings (SSSR count). The minimum absolute atomic E-state index is 0.0290. The quantitative estimate of drug-likeness (QED) is 0.797. The molecule has 138 valence electrons. The van der Waals surface area contributed by atoms with Gasteiger partial charge in [0.2, 0.25) is 0 Å². The van der Waals surface area contributed by atoms with Gasteiger partial charge in [-0.15, -0.1) is 0 Å². The number of piperidine rings is 1. The highest BCUT2D eigenvalue weighted by Crippen LogP contribution is 2.38. The largest absolute Gasteiger partial charge is 0.492 e. The van der Waals surface area contributed by atoms with Gasteiger partial charge in [-0.25, -0.2) is 0 Å². The van der Waals surface area contributed by atoms with Crippen LogP contribution in [-0.4, -0.2) is 56.3 Å². The third-order valence-corrected chi connectivity index (χ3v) is 5.46. The number of fused-ring (bicyclic) bond motifs is 1. The maximum absolute atomic E-state index is 12.9. The molecule has 2 aliphatic heterocycles. The first kappa shape index (κ1) is 18.3. The second kappa shape index (κ2) is 7.81. The van der Waals surface area contributed by atoms with Gasteiger partial charge in [0.05, 0.1) is 35.0 Å². The summed E-state index contributed by atoms with van der Waals surface area (Å²) in [5.74, 6) is 0.391. The summed E-state index contributed by atoms with van der Waals surface area (Å²) in [4.78, 5) is 15.2. The number of methoxy groups -OCH3 is 1. The van der Waals surface area contributed by atoms with Crippen LogP contribution in [0.1, 0.15) is 35.7 Å². The molecule has 2 heterocycles. The van der Waals surface area contributed by atoms with E-state index in [-0.39, 0.29) is 18.1 Å². The Morgan fingerprint density at radius 2 is 2.36 bits per heavy atom. The van der Waals surface area contributed by atoms with Crippen molar-refractivity contribution in [3.8, 4) is 5.75 Å². The number of anilines is 1. The lowest BCUT2D eigenvalue weighted by Crippen LogP contribution is -2.54. The molecule has 0 unspecified atom stereocenters. The summed E-state index contributed by atoms with van der Waals surface area (Å²) >= 11 is 6.24. The minimum atomic E-state index is -0.183. The Morgan fingerprint density at radius 1 is 1.56 bits per heavy atom. The first-order chi connectivity index (χ1) is 12.0. The predicted molar refractivity (Wildman–Crippen MR) is 98.5 cm³/mol. The van der Waals surface area contributed by atoms with E-state index in [1.165, 1.54) is 0 Å². The first-order valence-electron chi connectivity index (χ1n) is 8.84. The number of rotatable bonds is 4. The summed E-state index contributed by atoms with van der Waals surface area (Å²) in [6.07, 6.45) is 2.47. The molecule has 6 nitrogen and oxygen atoms in total. The number of nitrogen functional groups attached to an aromatic ring is 1. The molecule has 0 radical (unpaired) electrons. The molecule has 2 aliphatic rings. The van der Waals surface area contributed by atoms with Gasteiger partial charge in [0.25, 0.3) is 5.91 Å². The molecule has 3 N–H and O–H groups in total. The van der Waals surface area contributed by atoms with Crippen LogP contribution in [0.15, 0.2) is 6.07 Å². The molecule has 0 spiro atoms. The smallest absolute Gasteiger partial charge is 0.255 e. The molecule has 0 bridgehead atoms. The summed E-state index contributed by atoms with van der Waals surface area (Å²) in [5, 5.41) is 3.51. The number of nitrogens with two attached hydrogens (primary N) is 1. The van der Waals surface area contributed by atoms with Crippen molar-refractivity contribution in [1.29, 1.82) is 0 Å². The number of hydrogen-bond donors (Lipinski definition) is 2. The van der Waals surface area contributed by atoms with Gasteiger partial charge < -0.3 is 25.4 Å².